The lowest BCUT2D eigenvalue weighted by Gasteiger charge is -2.12. The second kappa shape index (κ2) is 10.8. The summed E-state index contributed by atoms with van der Waals surface area (Å²) in [5.74, 6) is 0.0818. The van der Waals surface area contributed by atoms with Gasteiger partial charge in [0.25, 0.3) is 15.9 Å². The van der Waals surface area contributed by atoms with Crippen LogP contribution >= 0.6 is 23.8 Å². The number of aryl methyl sites for hydroxylation is 3. The highest BCUT2D eigenvalue weighted by molar-refractivity contribution is 7.92. The Labute approximate surface area is 208 Å². The Morgan fingerprint density at radius 2 is 1.68 bits per heavy atom. The fourth-order valence-electron chi connectivity index (χ4n) is 2.91. The van der Waals surface area contributed by atoms with Crippen LogP contribution in [0.1, 0.15) is 17.0 Å². The molecule has 0 bridgehead atoms. The molecule has 3 N–H and O–H groups in total. The van der Waals surface area contributed by atoms with Crippen molar-refractivity contribution in [3.05, 3.63) is 70.5 Å². The molecule has 0 aliphatic rings. The van der Waals surface area contributed by atoms with Crippen molar-refractivity contribution in [2.45, 2.75) is 25.7 Å². The van der Waals surface area contributed by atoms with Crippen LogP contribution < -0.4 is 20.1 Å². The average Bonchev–Trinajstić information content (AvgIpc) is 2.72. The number of carbonyl (C=O) groups is 1. The number of hydrogen-bond donors (Lipinski definition) is 3. The van der Waals surface area contributed by atoms with E-state index in [4.69, 9.17) is 28.6 Å². The molecule has 1 heterocycles. The number of thiocarbonyl (C=S) groups is 1. The summed E-state index contributed by atoms with van der Waals surface area (Å²) >= 11 is 11.0. The number of nitrogens with zero attached hydrogens (tertiary/aromatic N) is 2. The van der Waals surface area contributed by atoms with Gasteiger partial charge in [0.05, 0.1) is 4.90 Å². The molecule has 2 aromatic carbocycles. The lowest BCUT2D eigenvalue weighted by Crippen LogP contribution is -2.37. The number of ether oxygens (including phenoxy) is 1. The molecule has 0 saturated carbocycles. The minimum absolute atomic E-state index is 0.000366. The van der Waals surface area contributed by atoms with Crippen LogP contribution in [0, 0.1) is 20.8 Å². The molecule has 1 aromatic heterocycles. The van der Waals surface area contributed by atoms with Crippen LogP contribution in [0.25, 0.3) is 0 Å². The molecule has 178 valence electrons. The standard InChI is InChI=1S/C22H22ClN5O4S2/c1-13-10-16(23)4-9-19(13)32-12-20(29)27-22(33)26-17-5-7-18(8-6-17)34(30,31)28-21-24-14(2)11-15(3)25-21/h4-11H,12H2,1-3H3,(H,24,25,28)(H2,26,27,29,33). The van der Waals surface area contributed by atoms with Crippen molar-refractivity contribution in [2.75, 3.05) is 16.6 Å². The Bertz CT molecular complexity index is 1310. The summed E-state index contributed by atoms with van der Waals surface area (Å²) in [6, 6.07) is 12.6. The summed E-state index contributed by atoms with van der Waals surface area (Å²) in [6.07, 6.45) is 0. The highest BCUT2D eigenvalue weighted by Crippen LogP contribution is 2.21. The Morgan fingerprint density at radius 1 is 1.03 bits per heavy atom. The first-order chi connectivity index (χ1) is 16.0. The Balaban J connectivity index is 1.55. The van der Waals surface area contributed by atoms with E-state index in [-0.39, 0.29) is 22.6 Å². The van der Waals surface area contributed by atoms with Gasteiger partial charge in [-0.25, -0.2) is 23.1 Å². The minimum Gasteiger partial charge on any atom is -0.483 e. The van der Waals surface area contributed by atoms with Crippen molar-refractivity contribution < 1.29 is 17.9 Å². The van der Waals surface area contributed by atoms with Gasteiger partial charge in [0.15, 0.2) is 11.7 Å². The zero-order valence-electron chi connectivity index (χ0n) is 18.5. The van der Waals surface area contributed by atoms with E-state index in [0.717, 1.165) is 5.56 Å². The van der Waals surface area contributed by atoms with Crippen LogP contribution in [0.4, 0.5) is 11.6 Å². The number of rotatable bonds is 7. The van der Waals surface area contributed by atoms with Gasteiger partial charge in [-0.2, -0.15) is 0 Å². The maximum Gasteiger partial charge on any atom is 0.264 e. The number of benzene rings is 2. The summed E-state index contributed by atoms with van der Waals surface area (Å²) in [4.78, 5) is 20.3. The van der Waals surface area contributed by atoms with Gasteiger partial charge in [0.2, 0.25) is 5.95 Å². The minimum atomic E-state index is -3.88. The van der Waals surface area contributed by atoms with Gasteiger partial charge in [0.1, 0.15) is 5.75 Å². The highest BCUT2D eigenvalue weighted by atomic mass is 35.5. The summed E-state index contributed by atoms with van der Waals surface area (Å²) in [7, 11) is -3.88. The van der Waals surface area contributed by atoms with Crippen LogP contribution in [0.5, 0.6) is 5.75 Å². The summed E-state index contributed by atoms with van der Waals surface area (Å²) in [5.41, 5.74) is 2.58. The first kappa shape index (κ1) is 25.3. The van der Waals surface area contributed by atoms with Gasteiger partial charge in [-0.3, -0.25) is 10.1 Å². The molecule has 0 spiro atoms. The third-order valence-electron chi connectivity index (χ3n) is 4.38. The second-order valence-electron chi connectivity index (χ2n) is 7.30. The number of sulfonamides is 1. The lowest BCUT2D eigenvalue weighted by atomic mass is 10.2. The Morgan fingerprint density at radius 3 is 2.29 bits per heavy atom. The Kier molecular flexibility index (Phi) is 8.02. The second-order valence-corrected chi connectivity index (χ2v) is 9.83. The van der Waals surface area contributed by atoms with Crippen LogP contribution in [0.15, 0.2) is 53.4 Å². The van der Waals surface area contributed by atoms with E-state index in [9.17, 15) is 13.2 Å². The van der Waals surface area contributed by atoms with Crippen LogP contribution in [0.3, 0.4) is 0 Å². The molecule has 0 saturated heterocycles. The molecule has 0 radical (unpaired) electrons. The maximum atomic E-state index is 12.6. The largest absolute Gasteiger partial charge is 0.483 e. The number of aromatic nitrogens is 2. The monoisotopic (exact) mass is 519 g/mol. The zero-order valence-corrected chi connectivity index (χ0v) is 20.9. The number of amides is 1. The third-order valence-corrected chi connectivity index (χ3v) is 6.16. The molecule has 0 fully saturated rings. The smallest absolute Gasteiger partial charge is 0.264 e. The molecular weight excluding hydrogens is 498 g/mol. The maximum absolute atomic E-state index is 12.6. The number of nitrogens with one attached hydrogen (secondary N) is 3. The molecule has 3 rings (SSSR count). The molecule has 0 aliphatic heterocycles. The number of hydrogen-bond acceptors (Lipinski definition) is 7. The molecule has 0 unspecified atom stereocenters. The van der Waals surface area contributed by atoms with Crippen molar-refractivity contribution in [1.82, 2.24) is 15.3 Å². The first-order valence-corrected chi connectivity index (χ1v) is 12.2. The molecule has 1 amide bonds. The summed E-state index contributed by atoms with van der Waals surface area (Å²) < 4.78 is 33.1. The van der Waals surface area contributed by atoms with E-state index in [2.05, 4.69) is 25.3 Å². The SMILES string of the molecule is Cc1cc(C)nc(NS(=O)(=O)c2ccc(NC(=S)NC(=O)COc3ccc(Cl)cc3C)cc2)n1. The van der Waals surface area contributed by atoms with E-state index >= 15 is 0 Å². The average molecular weight is 520 g/mol. The first-order valence-electron chi connectivity index (χ1n) is 9.97. The van der Waals surface area contributed by atoms with E-state index in [1.807, 2.05) is 6.92 Å². The predicted octanol–water partition coefficient (Wildman–Crippen LogP) is 3.75. The molecule has 0 aliphatic carbocycles. The van der Waals surface area contributed by atoms with Gasteiger partial charge < -0.3 is 10.1 Å². The van der Waals surface area contributed by atoms with Crippen LogP contribution in [-0.2, 0) is 14.8 Å². The van der Waals surface area contributed by atoms with Crippen molar-refractivity contribution in [1.29, 1.82) is 0 Å². The topological polar surface area (TPSA) is 122 Å². The molecule has 9 nitrogen and oxygen atoms in total. The zero-order chi connectivity index (χ0) is 24.9. The van der Waals surface area contributed by atoms with Gasteiger partial charge in [-0.1, -0.05) is 11.6 Å². The third kappa shape index (κ3) is 7.11. The van der Waals surface area contributed by atoms with Gasteiger partial charge >= 0.3 is 0 Å². The van der Waals surface area contributed by atoms with Crippen molar-refractivity contribution in [3.63, 3.8) is 0 Å². The van der Waals surface area contributed by atoms with E-state index in [1.54, 1.807) is 38.1 Å². The molecule has 12 heteroatoms. The van der Waals surface area contributed by atoms with E-state index in [1.165, 1.54) is 24.3 Å². The Hall–Kier alpha value is -3.28. The molecule has 0 atom stereocenters. The molecular formula is C22H22ClN5O4S2. The number of anilines is 2. The van der Waals surface area contributed by atoms with E-state index < -0.39 is 15.9 Å². The highest BCUT2D eigenvalue weighted by Gasteiger charge is 2.16. The normalized spacial score (nSPS) is 10.9. The van der Waals surface area contributed by atoms with Gasteiger partial charge in [-0.05, 0) is 87.1 Å². The summed E-state index contributed by atoms with van der Waals surface area (Å²) in [6.45, 7) is 5.08. The summed E-state index contributed by atoms with van der Waals surface area (Å²) in [5, 5.41) is 5.94. The van der Waals surface area contributed by atoms with Gasteiger partial charge in [-0.15, -0.1) is 0 Å². The fraction of sp³-hybridized carbons (Fsp3) is 0.182. The fourth-order valence-corrected chi connectivity index (χ4v) is 4.31. The lowest BCUT2D eigenvalue weighted by molar-refractivity contribution is -0.121. The number of carbonyl (C=O) groups excluding carboxylic acids is 1. The van der Waals surface area contributed by atoms with Crippen molar-refractivity contribution >= 4 is 56.5 Å². The van der Waals surface area contributed by atoms with Crippen LogP contribution in [0.2, 0.25) is 5.02 Å². The van der Waals surface area contributed by atoms with Crippen LogP contribution in [-0.4, -0.2) is 36.0 Å². The van der Waals surface area contributed by atoms with E-state index in [0.29, 0.717) is 27.8 Å². The quantitative estimate of drug-likeness (QED) is 0.403. The molecule has 3 aromatic rings. The van der Waals surface area contributed by atoms with Crippen molar-refractivity contribution in [3.8, 4) is 5.75 Å². The van der Waals surface area contributed by atoms with Gasteiger partial charge in [0, 0.05) is 22.1 Å². The predicted molar refractivity (Wildman–Crippen MR) is 135 cm³/mol. The molecule has 34 heavy (non-hydrogen) atoms. The number of halogens is 1. The van der Waals surface area contributed by atoms with Crippen molar-refractivity contribution in [2.24, 2.45) is 0 Å².